The van der Waals surface area contributed by atoms with Crippen LogP contribution < -0.4 is 0 Å². The zero-order chi connectivity index (χ0) is 70.5. The summed E-state index contributed by atoms with van der Waals surface area (Å²) in [7, 11) is -11.0. The van der Waals surface area contributed by atoms with Crippen LogP contribution >= 0.6 is 0 Å². The van der Waals surface area contributed by atoms with E-state index in [2.05, 4.69) is 18.2 Å². The number of Topliss-reactive ketones (excluding diaryl/α,β-unsaturated/α-hetero) is 1. The number of aliphatic hydroxyl groups excluding tert-OH is 1. The van der Waals surface area contributed by atoms with Crippen molar-refractivity contribution in [3.8, 4) is 18.2 Å². The Balaban J connectivity index is 0.000000150. The van der Waals surface area contributed by atoms with Gasteiger partial charge in [0.2, 0.25) is 30.1 Å². The molecule has 1 spiro atoms. The minimum absolute atomic E-state index is 0.0245. The minimum atomic E-state index is -3.66. The Labute approximate surface area is 581 Å². The van der Waals surface area contributed by atoms with Gasteiger partial charge < -0.3 is 14.6 Å². The molecule has 0 radical (unpaired) electrons. The summed E-state index contributed by atoms with van der Waals surface area (Å²) in [5.74, 6) is -1.96. The molecule has 99 heavy (non-hydrogen) atoms. The maximum absolute atomic E-state index is 15.4. The van der Waals surface area contributed by atoms with Gasteiger partial charge in [0, 0.05) is 80.1 Å². The number of carbonyl (C=O) groups excluding carboxylic acids is 1. The molecule has 6 aromatic carbocycles. The van der Waals surface area contributed by atoms with E-state index in [-0.39, 0.29) is 49.1 Å². The van der Waals surface area contributed by atoms with Gasteiger partial charge in [-0.15, -0.1) is 0 Å². The molecule has 0 unspecified atom stereocenters. The highest BCUT2D eigenvalue weighted by Crippen LogP contribution is 2.48. The van der Waals surface area contributed by atoms with Gasteiger partial charge in [0.15, 0.2) is 5.79 Å². The van der Waals surface area contributed by atoms with Crippen LogP contribution in [0.1, 0.15) is 202 Å². The Bertz CT molecular complexity index is 4350. The van der Waals surface area contributed by atoms with Gasteiger partial charge in [-0.25, -0.2) is 38.4 Å². The van der Waals surface area contributed by atoms with Crippen LogP contribution in [-0.4, -0.2) is 92.3 Å². The Morgan fingerprint density at radius 1 is 0.434 bits per heavy atom. The highest BCUT2D eigenvalue weighted by Gasteiger charge is 2.49. The van der Waals surface area contributed by atoms with E-state index < -0.39 is 91.4 Å². The molecule has 4 saturated heterocycles. The molecule has 7 fully saturated rings. The molecule has 6 aromatic rings. The van der Waals surface area contributed by atoms with Crippen molar-refractivity contribution in [1.29, 1.82) is 15.8 Å². The molecule has 0 aromatic heterocycles. The molecule has 0 bridgehead atoms. The summed E-state index contributed by atoms with van der Waals surface area (Å²) in [5, 5.41) is 37.5. The van der Waals surface area contributed by atoms with Crippen molar-refractivity contribution in [3.05, 3.63) is 213 Å². The number of ether oxygens (including phenoxy) is 2. The first-order chi connectivity index (χ1) is 47.3. The van der Waals surface area contributed by atoms with Crippen molar-refractivity contribution >= 4 is 35.9 Å². The standard InChI is InChI=1S/C27H31FN2O4S.C25H29FN2O3S.C25H27FN2O3S/c1-20-7-10-25(21-5-3-2-4-6-21)35(31,32)30(20)18-22-8-9-23(17-24(22)28)26(19-29)11-13-27(14-12-26)33-15-16-34-27;2*1-18-7-10-24(19-5-3-2-4-6-19)32(30,31)28(18)16-20-8-9-21(15-23(20)26)25(17-27)13-11-22(29)12-14-25/h2-6,8-9,17,20,25H,7,10-16,18H2,1H3;2-6,8-9,15,18,22,24,29H,7,10-14,16H2,1H3;2-6,8-9,15,18,24H,7,10-14,16H2,1H3/t20-,25+;18-,22?,24+,25?;18-,24+/m000/s1. The number of nitrogens with zero attached hydrogens (tertiary/aromatic N) is 6. The van der Waals surface area contributed by atoms with Gasteiger partial charge in [0.05, 0.1) is 53.8 Å². The fourth-order valence-electron chi connectivity index (χ4n) is 15.8. The number of carbonyl (C=O) groups is 1. The van der Waals surface area contributed by atoms with Crippen molar-refractivity contribution < 1.29 is 57.8 Å². The topological polar surface area (TPSA) is 239 Å². The van der Waals surface area contributed by atoms with Crippen LogP contribution in [0.15, 0.2) is 146 Å². The fourth-order valence-corrected chi connectivity index (χ4v) is 22.3. The number of sulfonamides is 3. The van der Waals surface area contributed by atoms with E-state index in [9.17, 15) is 50.9 Å². The molecule has 524 valence electrons. The number of benzene rings is 6. The van der Waals surface area contributed by atoms with Gasteiger partial charge in [0.25, 0.3) is 0 Å². The van der Waals surface area contributed by atoms with E-state index in [4.69, 9.17) is 9.47 Å². The summed E-state index contributed by atoms with van der Waals surface area (Å²) < 4.78 is 142. The third-order valence-electron chi connectivity index (χ3n) is 22.2. The second-order valence-electron chi connectivity index (χ2n) is 28.1. The number of hydrogen-bond donors (Lipinski definition) is 1. The molecular weight excluding hydrogens is 1320 g/mol. The number of halogens is 3. The molecule has 0 amide bonds. The van der Waals surface area contributed by atoms with Crippen molar-refractivity contribution in [2.45, 2.75) is 218 Å². The van der Waals surface area contributed by atoms with Crippen LogP contribution in [0.2, 0.25) is 0 Å². The fraction of sp³-hybridized carbons (Fsp3) is 0.481. The SMILES string of the molecule is C[C@H]1CC[C@H](c2ccccc2)S(=O)(=O)N1Cc1ccc(C2(C#N)CCC(=O)CC2)cc1F.C[C@H]1CC[C@H](c2ccccc2)S(=O)(=O)N1Cc1ccc(C2(C#N)CCC(O)CC2)cc1F.C[C@H]1CC[C@H](c2ccccc2)S(=O)(=O)N1Cc1ccc(C2(C#N)CCC3(CC2)OCCO3)cc1F. The Hall–Kier alpha value is -7.14. The molecule has 7 aliphatic rings. The van der Waals surface area contributed by atoms with Crippen LogP contribution in [0.25, 0.3) is 0 Å². The van der Waals surface area contributed by atoms with Gasteiger partial charge >= 0.3 is 0 Å². The average Bonchev–Trinajstić information content (AvgIpc) is 1.13. The Morgan fingerprint density at radius 2 is 0.737 bits per heavy atom. The summed E-state index contributed by atoms with van der Waals surface area (Å²) >= 11 is 0. The molecule has 13 rings (SSSR count). The summed E-state index contributed by atoms with van der Waals surface area (Å²) in [6.45, 7) is 6.62. The molecule has 4 heterocycles. The Kier molecular flexibility index (Phi) is 22.3. The maximum Gasteiger partial charge on any atom is 0.221 e. The predicted molar refractivity (Wildman–Crippen MR) is 369 cm³/mol. The largest absolute Gasteiger partial charge is 0.393 e. The predicted octanol–water partition coefficient (Wildman–Crippen LogP) is 14.3. The van der Waals surface area contributed by atoms with E-state index in [1.807, 2.05) is 112 Å². The van der Waals surface area contributed by atoms with E-state index in [0.29, 0.717) is 157 Å². The molecule has 3 aliphatic carbocycles. The van der Waals surface area contributed by atoms with Gasteiger partial charge in [-0.1, -0.05) is 127 Å². The first-order valence-electron chi connectivity index (χ1n) is 34.6. The van der Waals surface area contributed by atoms with E-state index in [1.165, 1.54) is 31.1 Å². The van der Waals surface area contributed by atoms with Crippen molar-refractivity contribution in [3.63, 3.8) is 0 Å². The molecule has 4 aliphatic heterocycles. The molecule has 1 N–H and O–H groups in total. The van der Waals surface area contributed by atoms with Crippen LogP contribution in [-0.2, 0) is 80.2 Å². The maximum atomic E-state index is 15.4. The monoisotopic (exact) mass is 1410 g/mol. The number of ketones is 1. The number of rotatable bonds is 12. The van der Waals surface area contributed by atoms with Crippen molar-refractivity contribution in [2.24, 2.45) is 0 Å². The summed E-state index contributed by atoms with van der Waals surface area (Å²) in [5.41, 5.74) is 2.52. The smallest absolute Gasteiger partial charge is 0.221 e. The number of nitriles is 3. The Morgan fingerprint density at radius 3 is 1.04 bits per heavy atom. The highest BCUT2D eigenvalue weighted by atomic mass is 32.2. The number of aliphatic hydroxyl groups is 1. The summed E-state index contributed by atoms with van der Waals surface area (Å²) in [4.78, 5) is 11.6. The second kappa shape index (κ2) is 30.2. The lowest BCUT2D eigenvalue weighted by atomic mass is 9.68. The van der Waals surface area contributed by atoms with Crippen LogP contribution in [0.4, 0.5) is 13.2 Å². The van der Waals surface area contributed by atoms with Crippen LogP contribution in [0.3, 0.4) is 0 Å². The molecule has 22 heteroatoms. The zero-order valence-corrected chi connectivity index (χ0v) is 58.8. The highest BCUT2D eigenvalue weighted by molar-refractivity contribution is 7.90. The third-order valence-corrected chi connectivity index (χ3v) is 29.3. The first kappa shape index (κ1) is 73.1. The van der Waals surface area contributed by atoms with Gasteiger partial charge in [-0.3, -0.25) is 4.79 Å². The van der Waals surface area contributed by atoms with Gasteiger partial charge in [-0.2, -0.15) is 28.7 Å². The normalized spacial score (nSPS) is 27.7. The lowest BCUT2D eigenvalue weighted by Crippen LogP contribution is -2.45. The zero-order valence-electron chi connectivity index (χ0n) is 56.3. The lowest BCUT2D eigenvalue weighted by Gasteiger charge is -2.40. The first-order valence-corrected chi connectivity index (χ1v) is 39.1. The third kappa shape index (κ3) is 15.3. The van der Waals surface area contributed by atoms with Gasteiger partial charge in [-0.05, 0) is 162 Å². The van der Waals surface area contributed by atoms with Crippen molar-refractivity contribution in [1.82, 2.24) is 12.9 Å². The minimum Gasteiger partial charge on any atom is -0.393 e. The van der Waals surface area contributed by atoms with E-state index in [0.717, 1.165) is 16.7 Å². The second-order valence-corrected chi connectivity index (χ2v) is 34.3. The average molecular weight is 1410 g/mol. The molecule has 6 atom stereocenters. The quantitative estimate of drug-likeness (QED) is 0.120. The van der Waals surface area contributed by atoms with Crippen molar-refractivity contribution in [2.75, 3.05) is 13.2 Å². The lowest BCUT2D eigenvalue weighted by molar-refractivity contribution is -0.182. The van der Waals surface area contributed by atoms with E-state index in [1.54, 1.807) is 36.4 Å². The summed E-state index contributed by atoms with van der Waals surface area (Å²) in [6, 6.07) is 48.2. The molecular formula is C77H87F3N6O10S3. The van der Waals surface area contributed by atoms with Gasteiger partial charge in [0.1, 0.15) is 39.0 Å². The van der Waals surface area contributed by atoms with Crippen LogP contribution in [0, 0.1) is 51.4 Å². The van der Waals surface area contributed by atoms with E-state index >= 15 is 13.2 Å². The summed E-state index contributed by atoms with van der Waals surface area (Å²) in [6.07, 6.45) is 8.98. The molecule has 16 nitrogen and oxygen atoms in total. The molecule has 3 saturated carbocycles. The number of hydrogen-bond acceptors (Lipinski definition) is 13. The van der Waals surface area contributed by atoms with Crippen LogP contribution in [0.5, 0.6) is 0 Å².